The molecule has 0 fully saturated rings. The van der Waals surface area contributed by atoms with Gasteiger partial charge in [0.15, 0.2) is 11.4 Å². The van der Waals surface area contributed by atoms with E-state index in [-0.39, 0.29) is 28.9 Å². The molecule has 0 unspecified atom stereocenters. The van der Waals surface area contributed by atoms with Crippen LogP contribution in [0.25, 0.3) is 0 Å². The number of benzene rings is 1. The summed E-state index contributed by atoms with van der Waals surface area (Å²) in [5.74, 6) is -0.746. The fraction of sp³-hybridized carbons (Fsp3) is 0.294. The molecule has 0 bridgehead atoms. The number of likely N-dealkylation sites (N-methyl/N-ethyl adjacent to an activating group) is 1. The van der Waals surface area contributed by atoms with E-state index in [1.165, 1.54) is 39.7 Å². The molecule has 1 aromatic heterocycles. The lowest BCUT2D eigenvalue weighted by molar-refractivity contribution is 0.0739. The Morgan fingerprint density at radius 2 is 2.12 bits per heavy atom. The normalized spacial score (nSPS) is 15.0. The molecular formula is C17H18FN5O2S. The van der Waals surface area contributed by atoms with Gasteiger partial charge in [-0.3, -0.25) is 9.48 Å². The van der Waals surface area contributed by atoms with Crippen LogP contribution in [0.1, 0.15) is 21.7 Å². The van der Waals surface area contributed by atoms with Crippen molar-refractivity contribution in [2.45, 2.75) is 13.0 Å². The molecule has 0 aliphatic carbocycles. The third-order valence-electron chi connectivity index (χ3n) is 4.00. The third-order valence-corrected chi connectivity index (χ3v) is 4.70. The molecule has 2 heterocycles. The molecule has 1 aromatic carbocycles. The van der Waals surface area contributed by atoms with Crippen molar-refractivity contribution in [3.8, 4) is 5.75 Å². The van der Waals surface area contributed by atoms with E-state index in [0.29, 0.717) is 19.5 Å². The van der Waals surface area contributed by atoms with Crippen molar-refractivity contribution in [1.82, 2.24) is 14.7 Å². The molecule has 7 nitrogen and oxygen atoms in total. The van der Waals surface area contributed by atoms with Gasteiger partial charge in [-0.1, -0.05) is 12.1 Å². The molecule has 26 heavy (non-hydrogen) atoms. The molecule has 2 aromatic rings. The lowest BCUT2D eigenvalue weighted by atomic mass is 10.2. The number of carbonyl (C=O) groups excluding carboxylic acids is 1. The fourth-order valence-corrected chi connectivity index (χ4v) is 2.97. The fourth-order valence-electron chi connectivity index (χ4n) is 2.53. The van der Waals surface area contributed by atoms with Crippen LogP contribution >= 0.6 is 11.8 Å². The topological polar surface area (TPSA) is 83.1 Å². The Morgan fingerprint density at radius 3 is 2.81 bits per heavy atom. The summed E-state index contributed by atoms with van der Waals surface area (Å²) < 4.78 is 14.4. The molecule has 1 aliphatic heterocycles. The number of hydrogen-bond acceptors (Lipinski definition) is 6. The van der Waals surface area contributed by atoms with Crippen LogP contribution < -0.4 is 0 Å². The highest BCUT2D eigenvalue weighted by Gasteiger charge is 2.28. The summed E-state index contributed by atoms with van der Waals surface area (Å²) >= 11 is 1.43. The summed E-state index contributed by atoms with van der Waals surface area (Å²) in [4.78, 5) is 13.6. The van der Waals surface area contributed by atoms with Crippen molar-refractivity contribution < 1.29 is 14.3 Å². The standard InChI is InChI=1S/C17H18FN5O2S/c1-22-7-8-23-15(17(22)25)16(24)13(21-23)10-19-20-14(26-2)9-11-3-5-12(18)6-4-11/h3-6,10,24H,7-9H2,1-2H3/b19-10+,20-14-. The second kappa shape index (κ2) is 7.69. The Hall–Kier alpha value is -2.68. The number of thioether (sulfide) groups is 1. The van der Waals surface area contributed by atoms with E-state index in [9.17, 15) is 14.3 Å². The van der Waals surface area contributed by atoms with E-state index in [1.807, 2.05) is 6.26 Å². The van der Waals surface area contributed by atoms with Gasteiger partial charge in [0.05, 0.1) is 17.8 Å². The maximum absolute atomic E-state index is 13.0. The number of aromatic nitrogens is 2. The van der Waals surface area contributed by atoms with Gasteiger partial charge in [-0.15, -0.1) is 16.9 Å². The van der Waals surface area contributed by atoms with E-state index < -0.39 is 0 Å². The van der Waals surface area contributed by atoms with Gasteiger partial charge in [-0.25, -0.2) is 4.39 Å². The number of rotatable bonds is 4. The number of carbonyl (C=O) groups is 1. The lowest BCUT2D eigenvalue weighted by Gasteiger charge is -2.22. The second-order valence-electron chi connectivity index (χ2n) is 5.78. The van der Waals surface area contributed by atoms with Gasteiger partial charge in [0.1, 0.15) is 11.5 Å². The van der Waals surface area contributed by atoms with Crippen LogP contribution in [0.3, 0.4) is 0 Å². The summed E-state index contributed by atoms with van der Waals surface area (Å²) in [6.45, 7) is 1.05. The van der Waals surface area contributed by atoms with Crippen LogP contribution in [0.15, 0.2) is 34.5 Å². The molecule has 0 atom stereocenters. The van der Waals surface area contributed by atoms with Crippen LogP contribution in [0.5, 0.6) is 5.75 Å². The summed E-state index contributed by atoms with van der Waals surface area (Å²) in [6, 6.07) is 6.20. The SMILES string of the molecule is CS/C(Cc1ccc(F)cc1)=N\N=C\c1nn2c(c1O)C(=O)N(C)CC2. The molecule has 9 heteroatoms. The quantitative estimate of drug-likeness (QED) is 0.504. The van der Waals surface area contributed by atoms with Crippen LogP contribution in [0.2, 0.25) is 0 Å². The predicted octanol–water partition coefficient (Wildman–Crippen LogP) is 2.15. The number of fused-ring (bicyclic) bond motifs is 1. The molecule has 3 rings (SSSR count). The molecule has 0 saturated heterocycles. The van der Waals surface area contributed by atoms with Crippen LogP contribution in [0.4, 0.5) is 4.39 Å². The Labute approximate surface area is 154 Å². The average molecular weight is 375 g/mol. The second-order valence-corrected chi connectivity index (χ2v) is 6.66. The molecule has 0 spiro atoms. The van der Waals surface area contributed by atoms with Gasteiger partial charge in [0.25, 0.3) is 5.91 Å². The number of hydrogen-bond donors (Lipinski definition) is 1. The summed E-state index contributed by atoms with van der Waals surface area (Å²) in [7, 11) is 1.68. The minimum Gasteiger partial charge on any atom is -0.504 e. The molecule has 1 N–H and O–H groups in total. The lowest BCUT2D eigenvalue weighted by Crippen LogP contribution is -2.37. The van der Waals surface area contributed by atoms with Gasteiger partial charge in [-0.05, 0) is 24.0 Å². The van der Waals surface area contributed by atoms with E-state index in [1.54, 1.807) is 19.2 Å². The third kappa shape index (κ3) is 3.77. The first-order valence-corrected chi connectivity index (χ1v) is 9.15. The first kappa shape index (κ1) is 18.1. The maximum atomic E-state index is 13.0. The summed E-state index contributed by atoms with van der Waals surface area (Å²) in [5.41, 5.74) is 1.29. The van der Waals surface area contributed by atoms with E-state index >= 15 is 0 Å². The van der Waals surface area contributed by atoms with Crippen LogP contribution in [0, 0.1) is 5.82 Å². The van der Waals surface area contributed by atoms with Gasteiger partial charge < -0.3 is 10.0 Å². The number of amides is 1. The summed E-state index contributed by atoms with van der Waals surface area (Å²) in [6.07, 6.45) is 3.72. The average Bonchev–Trinajstić information content (AvgIpc) is 2.95. The highest BCUT2D eigenvalue weighted by atomic mass is 32.2. The number of nitrogens with zero attached hydrogens (tertiary/aromatic N) is 5. The van der Waals surface area contributed by atoms with Crippen molar-refractivity contribution in [2.75, 3.05) is 19.8 Å². The molecule has 0 saturated carbocycles. The smallest absolute Gasteiger partial charge is 0.275 e. The van der Waals surface area contributed by atoms with Crippen molar-refractivity contribution in [1.29, 1.82) is 0 Å². The van der Waals surface area contributed by atoms with Gasteiger partial charge >= 0.3 is 0 Å². The first-order valence-electron chi connectivity index (χ1n) is 7.93. The highest BCUT2D eigenvalue weighted by molar-refractivity contribution is 8.13. The van der Waals surface area contributed by atoms with E-state index in [2.05, 4.69) is 15.3 Å². The zero-order chi connectivity index (χ0) is 18.7. The molecule has 136 valence electrons. The predicted molar refractivity (Wildman–Crippen MR) is 99.5 cm³/mol. The Balaban J connectivity index is 1.76. The first-order chi connectivity index (χ1) is 12.5. The van der Waals surface area contributed by atoms with Gasteiger partial charge in [0.2, 0.25) is 0 Å². The highest BCUT2D eigenvalue weighted by Crippen LogP contribution is 2.24. The van der Waals surface area contributed by atoms with Crippen LogP contribution in [-0.4, -0.2) is 56.8 Å². The van der Waals surface area contributed by atoms with Crippen molar-refractivity contribution in [3.63, 3.8) is 0 Å². The zero-order valence-corrected chi connectivity index (χ0v) is 15.2. The number of aromatic hydroxyl groups is 1. The molecule has 1 aliphatic rings. The molecule has 0 radical (unpaired) electrons. The maximum Gasteiger partial charge on any atom is 0.275 e. The van der Waals surface area contributed by atoms with Gasteiger partial charge in [0, 0.05) is 20.0 Å². The Kier molecular flexibility index (Phi) is 5.36. The largest absolute Gasteiger partial charge is 0.504 e. The molecule has 1 amide bonds. The zero-order valence-electron chi connectivity index (χ0n) is 14.4. The van der Waals surface area contributed by atoms with E-state index in [4.69, 9.17) is 0 Å². The Morgan fingerprint density at radius 1 is 1.38 bits per heavy atom. The van der Waals surface area contributed by atoms with Crippen molar-refractivity contribution in [3.05, 3.63) is 47.0 Å². The minimum absolute atomic E-state index is 0.167. The Bertz CT molecular complexity index is 876. The monoisotopic (exact) mass is 375 g/mol. The molecular weight excluding hydrogens is 357 g/mol. The summed E-state index contributed by atoms with van der Waals surface area (Å²) in [5, 5.41) is 23.3. The van der Waals surface area contributed by atoms with E-state index in [0.717, 1.165) is 10.6 Å². The van der Waals surface area contributed by atoms with Crippen LogP contribution in [-0.2, 0) is 13.0 Å². The van der Waals surface area contributed by atoms with Crippen molar-refractivity contribution >= 4 is 28.9 Å². The van der Waals surface area contributed by atoms with Gasteiger partial charge in [-0.2, -0.15) is 10.2 Å². The van der Waals surface area contributed by atoms with Crippen molar-refractivity contribution in [2.24, 2.45) is 10.2 Å². The minimum atomic E-state index is -0.283. The number of halogens is 1.